The van der Waals surface area contributed by atoms with Crippen molar-refractivity contribution in [3.05, 3.63) is 0 Å². The molecule has 0 aromatic carbocycles. The Labute approximate surface area is 87.6 Å². The smallest absolute Gasteiger partial charge is 0.0480 e. The van der Waals surface area contributed by atoms with E-state index in [2.05, 4.69) is 18.7 Å². The molecule has 0 unspecified atom stereocenters. The molecule has 0 aromatic rings. The maximum Gasteiger partial charge on any atom is 0.0480 e. The standard InChI is InChI=1S/C12H23NO/c1-10(2)12-4-3-7-13(12)11-5-8-14-9-6-11/h10-12H,3-9H2,1-2H3/t12-/m0/s1. The highest BCUT2D eigenvalue weighted by molar-refractivity contribution is 4.87. The predicted octanol–water partition coefficient (Wildman–Crippen LogP) is 2.29. The van der Waals surface area contributed by atoms with E-state index in [4.69, 9.17) is 4.74 Å². The summed E-state index contributed by atoms with van der Waals surface area (Å²) in [6.07, 6.45) is 5.32. The van der Waals surface area contributed by atoms with Crippen LogP contribution in [0.15, 0.2) is 0 Å². The van der Waals surface area contributed by atoms with Gasteiger partial charge in [0.25, 0.3) is 0 Å². The molecule has 2 fully saturated rings. The van der Waals surface area contributed by atoms with Gasteiger partial charge in [-0.25, -0.2) is 0 Å². The zero-order valence-electron chi connectivity index (χ0n) is 9.54. The fraction of sp³-hybridized carbons (Fsp3) is 1.00. The van der Waals surface area contributed by atoms with Gasteiger partial charge in [-0.1, -0.05) is 13.8 Å². The van der Waals surface area contributed by atoms with Crippen molar-refractivity contribution in [2.45, 2.75) is 51.6 Å². The van der Waals surface area contributed by atoms with Gasteiger partial charge in [0.05, 0.1) is 0 Å². The van der Waals surface area contributed by atoms with E-state index in [0.29, 0.717) is 0 Å². The maximum absolute atomic E-state index is 5.43. The lowest BCUT2D eigenvalue weighted by Crippen LogP contribution is -2.44. The third kappa shape index (κ3) is 2.12. The summed E-state index contributed by atoms with van der Waals surface area (Å²) >= 11 is 0. The summed E-state index contributed by atoms with van der Waals surface area (Å²) in [5.41, 5.74) is 0. The molecule has 0 saturated carbocycles. The molecule has 0 aliphatic carbocycles. The summed E-state index contributed by atoms with van der Waals surface area (Å²) in [7, 11) is 0. The Balaban J connectivity index is 1.94. The quantitative estimate of drug-likeness (QED) is 0.673. The summed E-state index contributed by atoms with van der Waals surface area (Å²) in [5, 5.41) is 0. The third-order valence-corrected chi connectivity index (χ3v) is 3.77. The first-order valence-electron chi connectivity index (χ1n) is 6.12. The van der Waals surface area contributed by atoms with Crippen molar-refractivity contribution in [3.63, 3.8) is 0 Å². The Kier molecular flexibility index (Phi) is 3.45. The highest BCUT2D eigenvalue weighted by Crippen LogP contribution is 2.29. The molecule has 0 radical (unpaired) electrons. The Morgan fingerprint density at radius 2 is 1.86 bits per heavy atom. The van der Waals surface area contributed by atoms with Gasteiger partial charge in [0.15, 0.2) is 0 Å². The average molecular weight is 197 g/mol. The number of ether oxygens (including phenoxy) is 1. The molecule has 2 saturated heterocycles. The second-order valence-electron chi connectivity index (χ2n) is 5.03. The monoisotopic (exact) mass is 197 g/mol. The number of likely N-dealkylation sites (tertiary alicyclic amines) is 1. The molecule has 1 atom stereocenters. The van der Waals surface area contributed by atoms with Crippen molar-refractivity contribution in [2.24, 2.45) is 5.92 Å². The van der Waals surface area contributed by atoms with Crippen molar-refractivity contribution in [2.75, 3.05) is 19.8 Å². The van der Waals surface area contributed by atoms with Gasteiger partial charge in [-0.15, -0.1) is 0 Å². The normalized spacial score (nSPS) is 31.5. The molecular weight excluding hydrogens is 174 g/mol. The lowest BCUT2D eigenvalue weighted by molar-refractivity contribution is 0.0224. The molecule has 0 N–H and O–H groups in total. The van der Waals surface area contributed by atoms with Gasteiger partial charge in [-0.05, 0) is 38.1 Å². The Morgan fingerprint density at radius 3 is 2.50 bits per heavy atom. The van der Waals surface area contributed by atoms with Crippen LogP contribution < -0.4 is 0 Å². The maximum atomic E-state index is 5.43. The average Bonchev–Trinajstić information content (AvgIpc) is 2.67. The minimum Gasteiger partial charge on any atom is -0.381 e. The fourth-order valence-electron chi connectivity index (χ4n) is 3.00. The zero-order valence-corrected chi connectivity index (χ0v) is 9.54. The van der Waals surface area contributed by atoms with Gasteiger partial charge in [-0.3, -0.25) is 4.90 Å². The van der Waals surface area contributed by atoms with Crippen LogP contribution in [-0.4, -0.2) is 36.7 Å². The van der Waals surface area contributed by atoms with E-state index < -0.39 is 0 Å². The molecule has 2 nitrogen and oxygen atoms in total. The van der Waals surface area contributed by atoms with E-state index in [1.165, 1.54) is 32.2 Å². The molecule has 82 valence electrons. The Hall–Kier alpha value is -0.0800. The van der Waals surface area contributed by atoms with E-state index in [0.717, 1.165) is 31.2 Å². The van der Waals surface area contributed by atoms with E-state index in [-0.39, 0.29) is 0 Å². The summed E-state index contributed by atoms with van der Waals surface area (Å²) < 4.78 is 5.43. The van der Waals surface area contributed by atoms with Crippen LogP contribution in [0.25, 0.3) is 0 Å². The van der Waals surface area contributed by atoms with Crippen LogP contribution in [0.5, 0.6) is 0 Å². The first-order valence-corrected chi connectivity index (χ1v) is 6.12. The lowest BCUT2D eigenvalue weighted by atomic mass is 9.98. The molecule has 0 spiro atoms. The van der Waals surface area contributed by atoms with E-state index in [1.54, 1.807) is 0 Å². The molecule has 2 aliphatic heterocycles. The van der Waals surface area contributed by atoms with Gasteiger partial charge < -0.3 is 4.74 Å². The Morgan fingerprint density at radius 1 is 1.14 bits per heavy atom. The predicted molar refractivity (Wildman–Crippen MR) is 58.4 cm³/mol. The van der Waals surface area contributed by atoms with Crippen molar-refractivity contribution in [1.82, 2.24) is 4.90 Å². The van der Waals surface area contributed by atoms with Crippen molar-refractivity contribution in [1.29, 1.82) is 0 Å². The summed E-state index contributed by atoms with van der Waals surface area (Å²) in [4.78, 5) is 2.76. The number of nitrogens with zero attached hydrogens (tertiary/aromatic N) is 1. The molecule has 2 heterocycles. The largest absolute Gasteiger partial charge is 0.381 e. The van der Waals surface area contributed by atoms with Crippen LogP contribution >= 0.6 is 0 Å². The molecule has 2 heteroatoms. The highest BCUT2D eigenvalue weighted by Gasteiger charge is 2.32. The Bertz CT molecular complexity index is 175. The van der Waals surface area contributed by atoms with Crippen LogP contribution in [-0.2, 0) is 4.74 Å². The van der Waals surface area contributed by atoms with E-state index in [1.807, 2.05) is 0 Å². The van der Waals surface area contributed by atoms with E-state index >= 15 is 0 Å². The SMILES string of the molecule is CC(C)[C@@H]1CCCN1C1CCOCC1. The minimum absolute atomic E-state index is 0.818. The number of hydrogen-bond acceptors (Lipinski definition) is 2. The van der Waals surface area contributed by atoms with Gasteiger partial charge in [0, 0.05) is 25.3 Å². The van der Waals surface area contributed by atoms with Crippen LogP contribution in [0.2, 0.25) is 0 Å². The first kappa shape index (κ1) is 10.4. The first-order chi connectivity index (χ1) is 6.79. The molecule has 0 bridgehead atoms. The zero-order chi connectivity index (χ0) is 9.97. The molecule has 2 rings (SSSR count). The topological polar surface area (TPSA) is 12.5 Å². The third-order valence-electron chi connectivity index (χ3n) is 3.77. The van der Waals surface area contributed by atoms with E-state index in [9.17, 15) is 0 Å². The van der Waals surface area contributed by atoms with Crippen molar-refractivity contribution in [3.8, 4) is 0 Å². The molecular formula is C12H23NO. The molecule has 0 aromatic heterocycles. The van der Waals surface area contributed by atoms with Crippen LogP contribution in [0, 0.1) is 5.92 Å². The van der Waals surface area contributed by atoms with Crippen molar-refractivity contribution < 1.29 is 4.74 Å². The van der Waals surface area contributed by atoms with Crippen LogP contribution in [0.4, 0.5) is 0 Å². The molecule has 14 heavy (non-hydrogen) atoms. The summed E-state index contributed by atoms with van der Waals surface area (Å²) in [6.45, 7) is 8.01. The van der Waals surface area contributed by atoms with Gasteiger partial charge in [0.1, 0.15) is 0 Å². The van der Waals surface area contributed by atoms with Gasteiger partial charge >= 0.3 is 0 Å². The second kappa shape index (κ2) is 4.63. The summed E-state index contributed by atoms with van der Waals surface area (Å²) in [6, 6.07) is 1.66. The van der Waals surface area contributed by atoms with Crippen molar-refractivity contribution >= 4 is 0 Å². The van der Waals surface area contributed by atoms with Crippen LogP contribution in [0.3, 0.4) is 0 Å². The fourth-order valence-corrected chi connectivity index (χ4v) is 3.00. The number of rotatable bonds is 2. The van der Waals surface area contributed by atoms with Crippen LogP contribution in [0.1, 0.15) is 39.5 Å². The van der Waals surface area contributed by atoms with Gasteiger partial charge in [0.2, 0.25) is 0 Å². The lowest BCUT2D eigenvalue weighted by Gasteiger charge is -2.37. The minimum atomic E-state index is 0.818. The number of hydrogen-bond donors (Lipinski definition) is 0. The molecule has 0 amide bonds. The van der Waals surface area contributed by atoms with Gasteiger partial charge in [-0.2, -0.15) is 0 Å². The molecule has 2 aliphatic rings. The summed E-state index contributed by atoms with van der Waals surface area (Å²) in [5.74, 6) is 0.820. The highest BCUT2D eigenvalue weighted by atomic mass is 16.5. The second-order valence-corrected chi connectivity index (χ2v) is 5.03.